The number of hydrogen-bond acceptors (Lipinski definition) is 5. The van der Waals surface area contributed by atoms with Gasteiger partial charge in [0, 0.05) is 36.3 Å². The minimum atomic E-state index is -0.387. The third-order valence-corrected chi connectivity index (χ3v) is 5.60. The molecule has 2 aliphatic heterocycles. The van der Waals surface area contributed by atoms with E-state index in [1.54, 1.807) is 35.2 Å². The van der Waals surface area contributed by atoms with Gasteiger partial charge in [0.25, 0.3) is 11.5 Å². The Hall–Kier alpha value is -3.81. The molecule has 8 nitrogen and oxygen atoms in total. The van der Waals surface area contributed by atoms with Gasteiger partial charge in [-0.15, -0.1) is 0 Å². The number of carbonyl (C=O) groups excluding carboxylic acids is 2. The van der Waals surface area contributed by atoms with Crippen LogP contribution in [-0.2, 0) is 11.3 Å². The Morgan fingerprint density at radius 3 is 2.58 bits per heavy atom. The fourth-order valence-electron chi connectivity index (χ4n) is 4.08. The molecule has 0 saturated carbocycles. The summed E-state index contributed by atoms with van der Waals surface area (Å²) in [6.45, 7) is 1.38. The summed E-state index contributed by atoms with van der Waals surface area (Å²) in [5.41, 5.74) is 1.10. The largest absolute Gasteiger partial charge is 0.454 e. The molecule has 2 amide bonds. The fourth-order valence-corrected chi connectivity index (χ4v) is 4.08. The third-order valence-electron chi connectivity index (χ3n) is 5.60. The van der Waals surface area contributed by atoms with Gasteiger partial charge in [0.15, 0.2) is 11.5 Å². The number of amides is 2. The van der Waals surface area contributed by atoms with Crippen LogP contribution in [0.5, 0.6) is 11.5 Å². The zero-order valence-corrected chi connectivity index (χ0v) is 16.8. The molecule has 2 aromatic carbocycles. The molecule has 0 atom stereocenters. The summed E-state index contributed by atoms with van der Waals surface area (Å²) in [5, 5.41) is 3.45. The molecule has 0 bridgehead atoms. The van der Waals surface area contributed by atoms with Crippen LogP contribution in [-0.4, -0.2) is 41.2 Å². The van der Waals surface area contributed by atoms with E-state index >= 15 is 0 Å². The summed E-state index contributed by atoms with van der Waals surface area (Å²) >= 11 is 0. The van der Waals surface area contributed by atoms with E-state index in [1.807, 2.05) is 12.1 Å². The summed E-state index contributed by atoms with van der Waals surface area (Å²) in [6.07, 6.45) is 1.95. The second kappa shape index (κ2) is 7.79. The van der Waals surface area contributed by atoms with Gasteiger partial charge in [-0.2, -0.15) is 0 Å². The average Bonchev–Trinajstić information content (AvgIpc) is 3.47. The highest BCUT2D eigenvalue weighted by atomic mass is 16.7. The zero-order chi connectivity index (χ0) is 21.4. The zero-order valence-electron chi connectivity index (χ0n) is 16.8. The van der Waals surface area contributed by atoms with Crippen molar-refractivity contribution >= 4 is 28.4 Å². The molecule has 8 heteroatoms. The van der Waals surface area contributed by atoms with Gasteiger partial charge >= 0.3 is 0 Å². The van der Waals surface area contributed by atoms with Gasteiger partial charge in [-0.25, -0.2) is 0 Å². The molecule has 158 valence electrons. The third kappa shape index (κ3) is 3.61. The lowest BCUT2D eigenvalue weighted by atomic mass is 10.1. The van der Waals surface area contributed by atoms with Crippen LogP contribution in [0, 0.1) is 0 Å². The summed E-state index contributed by atoms with van der Waals surface area (Å²) in [6, 6.07) is 13.6. The van der Waals surface area contributed by atoms with Crippen LogP contribution < -0.4 is 20.3 Å². The molecule has 0 aliphatic carbocycles. The number of pyridine rings is 1. The number of rotatable bonds is 4. The number of benzene rings is 2. The minimum Gasteiger partial charge on any atom is -0.454 e. The summed E-state index contributed by atoms with van der Waals surface area (Å²) in [7, 11) is 0. The van der Waals surface area contributed by atoms with Crippen molar-refractivity contribution in [3.05, 3.63) is 64.4 Å². The van der Waals surface area contributed by atoms with E-state index in [0.29, 0.717) is 46.7 Å². The summed E-state index contributed by atoms with van der Waals surface area (Å²) in [5.74, 6) is 0.691. The quantitative estimate of drug-likeness (QED) is 0.702. The molecule has 3 aromatic rings. The predicted molar refractivity (Wildman–Crippen MR) is 115 cm³/mol. The number of aromatic nitrogens is 1. The van der Waals surface area contributed by atoms with Crippen molar-refractivity contribution in [2.45, 2.75) is 19.4 Å². The van der Waals surface area contributed by atoms with Crippen LogP contribution in [0.1, 0.15) is 23.2 Å². The fraction of sp³-hybridized carbons (Fsp3) is 0.261. The lowest BCUT2D eigenvalue weighted by Gasteiger charge is -2.18. The molecule has 1 saturated heterocycles. The first-order valence-corrected chi connectivity index (χ1v) is 10.2. The minimum absolute atomic E-state index is 0.136. The van der Waals surface area contributed by atoms with E-state index in [1.165, 1.54) is 10.6 Å². The predicted octanol–water partition coefficient (Wildman–Crippen LogP) is 2.60. The lowest BCUT2D eigenvalue weighted by Crippen LogP contribution is -2.32. The number of ether oxygens (including phenoxy) is 2. The summed E-state index contributed by atoms with van der Waals surface area (Å²) < 4.78 is 12.0. The number of carbonyl (C=O) groups is 2. The highest BCUT2D eigenvalue weighted by Gasteiger charge is 2.23. The number of likely N-dealkylation sites (tertiary alicyclic amines) is 1. The van der Waals surface area contributed by atoms with Crippen molar-refractivity contribution in [1.82, 2.24) is 9.47 Å². The maximum Gasteiger partial charge on any atom is 0.254 e. The highest BCUT2D eigenvalue weighted by Crippen LogP contribution is 2.34. The number of anilines is 1. The highest BCUT2D eigenvalue weighted by molar-refractivity contribution is 6.06. The van der Waals surface area contributed by atoms with E-state index in [9.17, 15) is 14.4 Å². The molecule has 5 rings (SSSR count). The summed E-state index contributed by atoms with van der Waals surface area (Å²) in [4.78, 5) is 40.3. The van der Waals surface area contributed by atoms with Crippen molar-refractivity contribution in [2.75, 3.05) is 25.2 Å². The van der Waals surface area contributed by atoms with Gasteiger partial charge in [-0.05, 0) is 31.0 Å². The molecule has 2 aliphatic rings. The van der Waals surface area contributed by atoms with Crippen molar-refractivity contribution in [3.8, 4) is 11.5 Å². The first kappa shape index (κ1) is 19.2. The van der Waals surface area contributed by atoms with Crippen LogP contribution in [0.25, 0.3) is 10.9 Å². The normalized spacial score (nSPS) is 14.8. The second-order valence-electron chi connectivity index (χ2n) is 7.62. The van der Waals surface area contributed by atoms with E-state index in [0.717, 1.165) is 12.8 Å². The van der Waals surface area contributed by atoms with E-state index < -0.39 is 0 Å². The first-order valence-electron chi connectivity index (χ1n) is 10.2. The topological polar surface area (TPSA) is 89.9 Å². The Morgan fingerprint density at radius 1 is 0.968 bits per heavy atom. The van der Waals surface area contributed by atoms with Gasteiger partial charge in [0.2, 0.25) is 12.7 Å². The second-order valence-corrected chi connectivity index (χ2v) is 7.62. The average molecular weight is 419 g/mol. The number of para-hydroxylation sites is 1. The van der Waals surface area contributed by atoms with Crippen molar-refractivity contribution in [2.24, 2.45) is 0 Å². The van der Waals surface area contributed by atoms with Crippen LogP contribution in [0.3, 0.4) is 0 Å². The van der Waals surface area contributed by atoms with E-state index in [-0.39, 0.29) is 30.7 Å². The molecule has 0 radical (unpaired) electrons. The molecule has 1 fully saturated rings. The Kier molecular flexibility index (Phi) is 4.82. The van der Waals surface area contributed by atoms with Crippen LogP contribution >= 0.6 is 0 Å². The molecule has 0 spiro atoms. The number of hydrogen-bond donors (Lipinski definition) is 1. The maximum atomic E-state index is 13.0. The maximum absolute atomic E-state index is 13.0. The lowest BCUT2D eigenvalue weighted by molar-refractivity contribution is -0.116. The molecule has 1 aromatic heterocycles. The molecular weight excluding hydrogens is 398 g/mol. The van der Waals surface area contributed by atoms with Gasteiger partial charge in [-0.1, -0.05) is 18.2 Å². The van der Waals surface area contributed by atoms with Crippen LogP contribution in [0.4, 0.5) is 5.69 Å². The van der Waals surface area contributed by atoms with Gasteiger partial charge in [-0.3, -0.25) is 19.0 Å². The van der Waals surface area contributed by atoms with E-state index in [2.05, 4.69) is 5.32 Å². The van der Waals surface area contributed by atoms with Crippen LogP contribution in [0.2, 0.25) is 0 Å². The smallest absolute Gasteiger partial charge is 0.254 e. The number of nitrogens with one attached hydrogen (secondary N) is 1. The van der Waals surface area contributed by atoms with Crippen LogP contribution in [0.15, 0.2) is 53.3 Å². The first-order chi connectivity index (χ1) is 15.1. The molecule has 1 N–H and O–H groups in total. The Balaban J connectivity index is 1.44. The Bertz CT molecular complexity index is 1240. The number of fused-ring (bicyclic) bond motifs is 2. The standard InChI is InChI=1S/C23H21N3O5/c27-21(24-15-7-8-19-20(11-15)31-14-30-19)13-26-18-6-2-1-5-16(18)17(12-22(26)28)23(29)25-9-3-4-10-25/h1-2,5-8,11-12H,3-4,9-10,13-14H2,(H,24,27). The molecule has 31 heavy (non-hydrogen) atoms. The van der Waals surface area contributed by atoms with Gasteiger partial charge < -0.3 is 19.7 Å². The van der Waals surface area contributed by atoms with Gasteiger partial charge in [0.1, 0.15) is 6.54 Å². The Morgan fingerprint density at radius 2 is 1.74 bits per heavy atom. The monoisotopic (exact) mass is 419 g/mol. The van der Waals surface area contributed by atoms with E-state index in [4.69, 9.17) is 9.47 Å². The number of nitrogens with zero attached hydrogens (tertiary/aromatic N) is 2. The van der Waals surface area contributed by atoms with Gasteiger partial charge in [0.05, 0.1) is 11.1 Å². The van der Waals surface area contributed by atoms with Crippen molar-refractivity contribution in [1.29, 1.82) is 0 Å². The van der Waals surface area contributed by atoms with Crippen molar-refractivity contribution < 1.29 is 19.1 Å². The SMILES string of the molecule is O=C(Cn1c(=O)cc(C(=O)N2CCCC2)c2ccccc21)Nc1ccc2c(c1)OCO2. The van der Waals surface area contributed by atoms with Crippen molar-refractivity contribution in [3.63, 3.8) is 0 Å². The molecular formula is C23H21N3O5. The molecule has 0 unspecified atom stereocenters. The molecule has 3 heterocycles. The Labute approximate surface area is 178 Å².